The summed E-state index contributed by atoms with van der Waals surface area (Å²) >= 11 is 1.78. The number of benzene rings is 1. The maximum Gasteiger partial charge on any atom is 0.0963 e. The molecule has 1 aromatic carbocycles. The fourth-order valence-electron chi connectivity index (χ4n) is 1.64. The summed E-state index contributed by atoms with van der Waals surface area (Å²) in [6.07, 6.45) is 1.99. The predicted molar refractivity (Wildman–Crippen MR) is 78.9 cm³/mol. The molecule has 0 amide bonds. The van der Waals surface area contributed by atoms with E-state index in [-0.39, 0.29) is 5.41 Å². The van der Waals surface area contributed by atoms with Crippen molar-refractivity contribution in [1.29, 1.82) is 0 Å². The van der Waals surface area contributed by atoms with Gasteiger partial charge in [0, 0.05) is 11.9 Å². The van der Waals surface area contributed by atoms with Gasteiger partial charge in [-0.15, -0.1) is 11.8 Å². The lowest BCUT2D eigenvalue weighted by Crippen LogP contribution is -2.11. The molecule has 0 aliphatic carbocycles. The first-order valence-electron chi connectivity index (χ1n) is 6.19. The quantitative estimate of drug-likeness (QED) is 0.741. The summed E-state index contributed by atoms with van der Waals surface area (Å²) < 4.78 is 0. The molecule has 18 heavy (non-hydrogen) atoms. The van der Waals surface area contributed by atoms with Gasteiger partial charge < -0.3 is 0 Å². The first-order valence-corrected chi connectivity index (χ1v) is 7.17. The first-order chi connectivity index (χ1) is 8.55. The summed E-state index contributed by atoms with van der Waals surface area (Å²) in [4.78, 5) is 4.52. The standard InChI is InChI=1S/C16H19NS/c1-16(2,3)14-9-10-15(17-11-14)18-12-13-7-5-4-6-8-13/h4-11H,12H2,1-3H3. The lowest BCUT2D eigenvalue weighted by Gasteiger charge is -2.18. The maximum absolute atomic E-state index is 4.52. The fraction of sp³-hybridized carbons (Fsp3) is 0.312. The minimum absolute atomic E-state index is 0.176. The van der Waals surface area contributed by atoms with Crippen LogP contribution in [-0.4, -0.2) is 4.98 Å². The molecule has 0 saturated heterocycles. The number of pyridine rings is 1. The molecule has 94 valence electrons. The van der Waals surface area contributed by atoms with Crippen LogP contribution in [0.25, 0.3) is 0 Å². The molecular weight excluding hydrogens is 238 g/mol. The number of thioether (sulfide) groups is 1. The number of aromatic nitrogens is 1. The number of hydrogen-bond acceptors (Lipinski definition) is 2. The molecule has 0 saturated carbocycles. The number of rotatable bonds is 3. The molecular formula is C16H19NS. The van der Waals surface area contributed by atoms with Crippen LogP contribution in [0.3, 0.4) is 0 Å². The van der Waals surface area contributed by atoms with Crippen molar-refractivity contribution in [3.63, 3.8) is 0 Å². The molecule has 0 aliphatic rings. The Morgan fingerprint density at radius 2 is 1.72 bits per heavy atom. The van der Waals surface area contributed by atoms with Gasteiger partial charge in [0.1, 0.15) is 0 Å². The molecule has 0 bridgehead atoms. The van der Waals surface area contributed by atoms with Crippen molar-refractivity contribution in [2.75, 3.05) is 0 Å². The van der Waals surface area contributed by atoms with Crippen molar-refractivity contribution in [3.8, 4) is 0 Å². The second-order valence-corrected chi connectivity index (χ2v) is 6.41. The number of nitrogens with zero attached hydrogens (tertiary/aromatic N) is 1. The highest BCUT2D eigenvalue weighted by atomic mass is 32.2. The average Bonchev–Trinajstić information content (AvgIpc) is 2.37. The Balaban J connectivity index is 1.99. The SMILES string of the molecule is CC(C)(C)c1ccc(SCc2ccccc2)nc1. The molecule has 0 N–H and O–H groups in total. The smallest absolute Gasteiger partial charge is 0.0963 e. The highest BCUT2D eigenvalue weighted by Crippen LogP contribution is 2.25. The van der Waals surface area contributed by atoms with E-state index in [2.05, 4.69) is 62.2 Å². The van der Waals surface area contributed by atoms with E-state index >= 15 is 0 Å². The van der Waals surface area contributed by atoms with E-state index in [4.69, 9.17) is 0 Å². The summed E-state index contributed by atoms with van der Waals surface area (Å²) in [6, 6.07) is 14.8. The van der Waals surface area contributed by atoms with Gasteiger partial charge in [-0.3, -0.25) is 0 Å². The Kier molecular flexibility index (Phi) is 4.07. The molecule has 0 aliphatic heterocycles. The van der Waals surface area contributed by atoms with Gasteiger partial charge in [0.2, 0.25) is 0 Å². The molecule has 1 aromatic heterocycles. The molecule has 2 aromatic rings. The van der Waals surface area contributed by atoms with Crippen LogP contribution in [0.5, 0.6) is 0 Å². The van der Waals surface area contributed by atoms with Crippen LogP contribution in [0.1, 0.15) is 31.9 Å². The largest absolute Gasteiger partial charge is 0.250 e. The molecule has 0 fully saturated rings. The van der Waals surface area contributed by atoms with Crippen molar-refractivity contribution >= 4 is 11.8 Å². The van der Waals surface area contributed by atoms with Gasteiger partial charge in [-0.25, -0.2) is 4.98 Å². The maximum atomic E-state index is 4.52. The van der Waals surface area contributed by atoms with Crippen LogP contribution >= 0.6 is 11.8 Å². The van der Waals surface area contributed by atoms with Crippen molar-refractivity contribution in [2.24, 2.45) is 0 Å². The monoisotopic (exact) mass is 257 g/mol. The summed E-state index contributed by atoms with van der Waals surface area (Å²) in [7, 11) is 0. The fourth-order valence-corrected chi connectivity index (χ4v) is 2.44. The molecule has 0 atom stereocenters. The molecule has 0 unspecified atom stereocenters. The molecule has 2 heteroatoms. The van der Waals surface area contributed by atoms with Gasteiger partial charge in [0.05, 0.1) is 5.03 Å². The van der Waals surface area contributed by atoms with Gasteiger partial charge in [-0.2, -0.15) is 0 Å². The highest BCUT2D eigenvalue weighted by molar-refractivity contribution is 7.98. The molecule has 0 radical (unpaired) electrons. The van der Waals surface area contributed by atoms with E-state index < -0.39 is 0 Å². The van der Waals surface area contributed by atoms with E-state index in [1.165, 1.54) is 11.1 Å². The zero-order chi connectivity index (χ0) is 13.0. The van der Waals surface area contributed by atoms with Crippen LogP contribution in [0, 0.1) is 0 Å². The summed E-state index contributed by atoms with van der Waals surface area (Å²) in [5, 5.41) is 1.09. The van der Waals surface area contributed by atoms with Crippen LogP contribution in [0.15, 0.2) is 53.7 Å². The zero-order valence-electron chi connectivity index (χ0n) is 11.2. The summed E-state index contributed by atoms with van der Waals surface area (Å²) in [6.45, 7) is 6.63. The Labute approximate surface area is 114 Å². The predicted octanol–water partition coefficient (Wildman–Crippen LogP) is 4.67. The van der Waals surface area contributed by atoms with Crippen LogP contribution < -0.4 is 0 Å². The third-order valence-electron chi connectivity index (χ3n) is 2.83. The summed E-state index contributed by atoms with van der Waals surface area (Å²) in [5.74, 6) is 0.975. The second kappa shape index (κ2) is 5.57. The highest BCUT2D eigenvalue weighted by Gasteiger charge is 2.13. The van der Waals surface area contributed by atoms with Gasteiger partial charge >= 0.3 is 0 Å². The van der Waals surface area contributed by atoms with Gasteiger partial charge in [-0.1, -0.05) is 57.2 Å². The van der Waals surface area contributed by atoms with E-state index in [0.29, 0.717) is 0 Å². The van der Waals surface area contributed by atoms with E-state index in [1.54, 1.807) is 11.8 Å². The topological polar surface area (TPSA) is 12.9 Å². The van der Waals surface area contributed by atoms with Crippen molar-refractivity contribution in [2.45, 2.75) is 37.0 Å². The second-order valence-electron chi connectivity index (χ2n) is 5.41. The lowest BCUT2D eigenvalue weighted by atomic mass is 9.88. The lowest BCUT2D eigenvalue weighted by molar-refractivity contribution is 0.586. The van der Waals surface area contributed by atoms with Gasteiger partial charge in [0.25, 0.3) is 0 Å². The molecule has 1 heterocycles. The van der Waals surface area contributed by atoms with Crippen LogP contribution in [0.2, 0.25) is 0 Å². The summed E-state index contributed by atoms with van der Waals surface area (Å²) in [5.41, 5.74) is 2.80. The average molecular weight is 257 g/mol. The minimum atomic E-state index is 0.176. The van der Waals surface area contributed by atoms with E-state index in [1.807, 2.05) is 12.3 Å². The van der Waals surface area contributed by atoms with Gasteiger partial charge in [0.15, 0.2) is 0 Å². The zero-order valence-corrected chi connectivity index (χ0v) is 12.0. The van der Waals surface area contributed by atoms with Crippen molar-refractivity contribution in [1.82, 2.24) is 4.98 Å². The molecule has 0 spiro atoms. The van der Waals surface area contributed by atoms with Crippen molar-refractivity contribution in [3.05, 3.63) is 59.8 Å². The molecule has 1 nitrogen and oxygen atoms in total. The third kappa shape index (κ3) is 3.61. The van der Waals surface area contributed by atoms with Crippen LogP contribution in [-0.2, 0) is 11.2 Å². The van der Waals surface area contributed by atoms with E-state index in [0.717, 1.165) is 10.8 Å². The Hall–Kier alpha value is -1.28. The Morgan fingerprint density at radius 3 is 2.28 bits per heavy atom. The van der Waals surface area contributed by atoms with E-state index in [9.17, 15) is 0 Å². The Morgan fingerprint density at radius 1 is 1.00 bits per heavy atom. The normalized spacial score (nSPS) is 11.5. The van der Waals surface area contributed by atoms with Crippen LogP contribution in [0.4, 0.5) is 0 Å². The first kappa shape index (κ1) is 13.2. The van der Waals surface area contributed by atoms with Gasteiger partial charge in [-0.05, 0) is 22.6 Å². The van der Waals surface area contributed by atoms with Crippen molar-refractivity contribution < 1.29 is 0 Å². The number of hydrogen-bond donors (Lipinski definition) is 0. The molecule has 2 rings (SSSR count). The third-order valence-corrected chi connectivity index (χ3v) is 3.85. The Bertz CT molecular complexity index is 483. The minimum Gasteiger partial charge on any atom is -0.250 e.